The molecule has 2 heteroatoms. The summed E-state index contributed by atoms with van der Waals surface area (Å²) in [7, 11) is 0. The van der Waals surface area contributed by atoms with Gasteiger partial charge in [-0.1, -0.05) is 25.5 Å². The molecule has 4 aliphatic carbocycles. The second-order valence-corrected chi connectivity index (χ2v) is 9.26. The molecule has 0 spiro atoms. The predicted molar refractivity (Wildman–Crippen MR) is 90.9 cm³/mol. The normalized spacial score (nSPS) is 49.0. The number of fused-ring (bicyclic) bond motifs is 5. The minimum atomic E-state index is 0.188. The van der Waals surface area contributed by atoms with E-state index in [4.69, 9.17) is 0 Å². The van der Waals surface area contributed by atoms with Crippen molar-refractivity contribution in [3.63, 3.8) is 0 Å². The first-order chi connectivity index (χ1) is 10.9. The van der Waals surface area contributed by atoms with Gasteiger partial charge in [-0.05, 0) is 74.0 Å². The highest BCUT2D eigenvalue weighted by atomic mass is 16.1. The molecule has 4 rings (SSSR count). The molecule has 0 N–H and O–H groups in total. The van der Waals surface area contributed by atoms with E-state index in [1.165, 1.54) is 19.3 Å². The smallest absolute Gasteiger partial charge is 0.133 e. The highest BCUT2D eigenvalue weighted by Crippen LogP contribution is 2.65. The van der Waals surface area contributed by atoms with Crippen LogP contribution in [0, 0.1) is 34.5 Å². The lowest BCUT2D eigenvalue weighted by Gasteiger charge is -2.55. The van der Waals surface area contributed by atoms with Gasteiger partial charge in [0.2, 0.25) is 0 Å². The molecule has 0 aromatic heterocycles. The van der Waals surface area contributed by atoms with E-state index in [2.05, 4.69) is 19.9 Å². The Kier molecular flexibility index (Phi) is 3.42. The van der Waals surface area contributed by atoms with E-state index < -0.39 is 0 Å². The molecule has 0 unspecified atom stereocenters. The van der Waals surface area contributed by atoms with Crippen molar-refractivity contribution in [2.24, 2.45) is 34.5 Å². The maximum atomic E-state index is 12.1. The van der Waals surface area contributed by atoms with Crippen molar-refractivity contribution in [2.45, 2.75) is 72.1 Å². The Morgan fingerprint density at radius 3 is 2.70 bits per heavy atom. The lowest BCUT2D eigenvalue weighted by Crippen LogP contribution is -2.48. The topological polar surface area (TPSA) is 34.1 Å². The Morgan fingerprint density at radius 1 is 1.17 bits per heavy atom. The molecule has 4 aliphatic rings. The highest BCUT2D eigenvalue weighted by Gasteiger charge is 2.57. The molecule has 3 fully saturated rings. The van der Waals surface area contributed by atoms with Gasteiger partial charge in [-0.25, -0.2) is 0 Å². The van der Waals surface area contributed by atoms with Crippen molar-refractivity contribution >= 4 is 11.6 Å². The van der Waals surface area contributed by atoms with Gasteiger partial charge in [-0.15, -0.1) is 0 Å². The standard InChI is InChI=1S/C21H30O2/c1-13(22)17-6-7-18-16-5-4-14-12-15(23)8-10-20(14,2)19(16)9-11-21(17,18)3/h9,14,16-18H,4-8,10-12H2,1-3H3/t14-,16-,17-,18+,20-,21+/m0/s1. The zero-order valence-electron chi connectivity index (χ0n) is 14.9. The summed E-state index contributed by atoms with van der Waals surface area (Å²) in [4.78, 5) is 24.0. The van der Waals surface area contributed by atoms with Gasteiger partial charge >= 0.3 is 0 Å². The second-order valence-electron chi connectivity index (χ2n) is 9.26. The lowest BCUT2D eigenvalue weighted by atomic mass is 9.49. The van der Waals surface area contributed by atoms with E-state index >= 15 is 0 Å². The van der Waals surface area contributed by atoms with Gasteiger partial charge in [0.15, 0.2) is 0 Å². The second kappa shape index (κ2) is 5.04. The molecule has 126 valence electrons. The van der Waals surface area contributed by atoms with Gasteiger partial charge in [-0.2, -0.15) is 0 Å². The van der Waals surface area contributed by atoms with Crippen LogP contribution < -0.4 is 0 Å². The van der Waals surface area contributed by atoms with Crippen molar-refractivity contribution in [1.82, 2.24) is 0 Å². The summed E-state index contributed by atoms with van der Waals surface area (Å²) >= 11 is 0. The van der Waals surface area contributed by atoms with Gasteiger partial charge < -0.3 is 0 Å². The molecule has 0 bridgehead atoms. The van der Waals surface area contributed by atoms with Crippen LogP contribution in [0.4, 0.5) is 0 Å². The molecule has 0 aromatic rings. The van der Waals surface area contributed by atoms with E-state index in [-0.39, 0.29) is 16.7 Å². The Bertz CT molecular complexity index is 589. The van der Waals surface area contributed by atoms with E-state index in [0.29, 0.717) is 29.3 Å². The molecule has 0 amide bonds. The fourth-order valence-electron chi connectivity index (χ4n) is 6.98. The molecule has 0 aliphatic heterocycles. The van der Waals surface area contributed by atoms with Crippen LogP contribution in [0.25, 0.3) is 0 Å². The lowest BCUT2D eigenvalue weighted by molar-refractivity contribution is -0.127. The van der Waals surface area contributed by atoms with Crippen LogP contribution in [0.5, 0.6) is 0 Å². The number of carbonyl (C=O) groups is 2. The maximum Gasteiger partial charge on any atom is 0.133 e. The Hall–Kier alpha value is -0.920. The quantitative estimate of drug-likeness (QED) is 0.656. The number of rotatable bonds is 1. The third-order valence-electron chi connectivity index (χ3n) is 8.33. The van der Waals surface area contributed by atoms with E-state index in [9.17, 15) is 9.59 Å². The predicted octanol–water partition coefficient (Wildman–Crippen LogP) is 4.72. The zero-order valence-corrected chi connectivity index (χ0v) is 14.9. The minimum Gasteiger partial charge on any atom is -0.300 e. The minimum absolute atomic E-state index is 0.188. The number of Topliss-reactive ketones (excluding diaryl/α,β-unsaturated/α-hetero) is 2. The van der Waals surface area contributed by atoms with Gasteiger partial charge in [0.05, 0.1) is 0 Å². The molecule has 0 aromatic carbocycles. The SMILES string of the molecule is CC(=O)[C@@H]1CC[C@@H]2[C@@H]3CC[C@H]4CC(=O)CC[C@]4(C)C3=CC[C@@]21C. The maximum absolute atomic E-state index is 12.1. The zero-order chi connectivity index (χ0) is 16.4. The van der Waals surface area contributed by atoms with E-state index in [0.717, 1.165) is 32.1 Å². The summed E-state index contributed by atoms with van der Waals surface area (Å²) in [5, 5.41) is 0. The summed E-state index contributed by atoms with van der Waals surface area (Å²) in [6.07, 6.45) is 11.0. The molecular formula is C21H30O2. The summed E-state index contributed by atoms with van der Waals surface area (Å²) in [6, 6.07) is 0. The van der Waals surface area contributed by atoms with Crippen LogP contribution in [0.3, 0.4) is 0 Å². The van der Waals surface area contributed by atoms with Crippen molar-refractivity contribution in [3.05, 3.63) is 11.6 Å². The first-order valence-electron chi connectivity index (χ1n) is 9.59. The first-order valence-corrected chi connectivity index (χ1v) is 9.59. The van der Waals surface area contributed by atoms with Crippen molar-refractivity contribution in [2.75, 3.05) is 0 Å². The molecule has 6 atom stereocenters. The van der Waals surface area contributed by atoms with Crippen LogP contribution in [0.1, 0.15) is 72.1 Å². The number of allylic oxidation sites excluding steroid dienone is 2. The van der Waals surface area contributed by atoms with Crippen LogP contribution >= 0.6 is 0 Å². The molecule has 23 heavy (non-hydrogen) atoms. The molecule has 2 nitrogen and oxygen atoms in total. The molecule has 3 saturated carbocycles. The highest BCUT2D eigenvalue weighted by molar-refractivity contribution is 5.80. The number of ketones is 2. The molecule has 0 radical (unpaired) electrons. The van der Waals surface area contributed by atoms with Crippen LogP contribution in [0.15, 0.2) is 11.6 Å². The summed E-state index contributed by atoms with van der Waals surface area (Å²) < 4.78 is 0. The fourth-order valence-corrected chi connectivity index (χ4v) is 6.98. The average Bonchev–Trinajstić information content (AvgIpc) is 2.85. The third-order valence-corrected chi connectivity index (χ3v) is 8.33. The Labute approximate surface area is 140 Å². The summed E-state index contributed by atoms with van der Waals surface area (Å²) in [5.41, 5.74) is 2.12. The van der Waals surface area contributed by atoms with E-state index in [1.807, 2.05) is 0 Å². The number of hydrogen-bond acceptors (Lipinski definition) is 2. The Balaban J connectivity index is 1.70. The number of hydrogen-bond donors (Lipinski definition) is 0. The van der Waals surface area contributed by atoms with Crippen LogP contribution in [-0.4, -0.2) is 11.6 Å². The van der Waals surface area contributed by atoms with E-state index in [1.54, 1.807) is 12.5 Å². The first kappa shape index (κ1) is 15.6. The summed E-state index contributed by atoms with van der Waals surface area (Å²) in [6.45, 7) is 6.60. The van der Waals surface area contributed by atoms with Gasteiger partial charge in [0.1, 0.15) is 11.6 Å². The monoisotopic (exact) mass is 314 g/mol. The van der Waals surface area contributed by atoms with Gasteiger partial charge in [-0.3, -0.25) is 9.59 Å². The Morgan fingerprint density at radius 2 is 1.96 bits per heavy atom. The fraction of sp³-hybridized carbons (Fsp3) is 0.810. The number of carbonyl (C=O) groups excluding carboxylic acids is 2. The van der Waals surface area contributed by atoms with Crippen molar-refractivity contribution in [1.29, 1.82) is 0 Å². The summed E-state index contributed by atoms with van der Waals surface area (Å²) in [5.74, 6) is 3.07. The largest absolute Gasteiger partial charge is 0.300 e. The van der Waals surface area contributed by atoms with Crippen molar-refractivity contribution < 1.29 is 9.59 Å². The van der Waals surface area contributed by atoms with Crippen molar-refractivity contribution in [3.8, 4) is 0 Å². The van der Waals surface area contributed by atoms with Gasteiger partial charge in [0.25, 0.3) is 0 Å². The average molecular weight is 314 g/mol. The molecular weight excluding hydrogens is 284 g/mol. The van der Waals surface area contributed by atoms with Crippen LogP contribution in [-0.2, 0) is 9.59 Å². The van der Waals surface area contributed by atoms with Crippen LogP contribution in [0.2, 0.25) is 0 Å². The third kappa shape index (κ3) is 2.06. The van der Waals surface area contributed by atoms with Gasteiger partial charge in [0, 0.05) is 18.8 Å². The molecule has 0 saturated heterocycles. The molecule has 0 heterocycles.